The van der Waals surface area contributed by atoms with Crippen molar-refractivity contribution in [3.8, 4) is 6.07 Å². The number of nitrogens with zero attached hydrogens (tertiary/aromatic N) is 1. The Bertz CT molecular complexity index is 350. The molecule has 0 radical (unpaired) electrons. The average molecular weight is 252 g/mol. The van der Waals surface area contributed by atoms with Crippen LogP contribution in [0.3, 0.4) is 0 Å². The Labute approximate surface area is 93.9 Å². The highest BCUT2D eigenvalue weighted by Gasteiger charge is 2.06. The first-order chi connectivity index (χ1) is 6.65. The van der Waals surface area contributed by atoms with Gasteiger partial charge in [0.25, 0.3) is 0 Å². The van der Waals surface area contributed by atoms with Gasteiger partial charge < -0.3 is 0 Å². The van der Waals surface area contributed by atoms with Crippen molar-refractivity contribution in [2.75, 3.05) is 0 Å². The standard InChI is InChI=1S/C12H14BrN/c1-9(2)12-6-5-11(13)8-10(12)4-3-7-14/h5-6,8-9H,3-4H2,1-2H3. The molecule has 1 nitrogen and oxygen atoms in total. The van der Waals surface area contributed by atoms with E-state index >= 15 is 0 Å². The van der Waals surface area contributed by atoms with Crippen LogP contribution >= 0.6 is 15.9 Å². The topological polar surface area (TPSA) is 23.8 Å². The molecule has 0 heterocycles. The third-order valence-electron chi connectivity index (χ3n) is 2.23. The Morgan fingerprint density at radius 3 is 2.71 bits per heavy atom. The highest BCUT2D eigenvalue weighted by atomic mass is 79.9. The van der Waals surface area contributed by atoms with E-state index in [1.54, 1.807) is 0 Å². The fraction of sp³-hybridized carbons (Fsp3) is 0.417. The van der Waals surface area contributed by atoms with E-state index < -0.39 is 0 Å². The number of nitriles is 1. The quantitative estimate of drug-likeness (QED) is 0.796. The Balaban J connectivity index is 2.98. The van der Waals surface area contributed by atoms with Crippen molar-refractivity contribution >= 4 is 15.9 Å². The Hall–Kier alpha value is -0.810. The van der Waals surface area contributed by atoms with Gasteiger partial charge in [-0.15, -0.1) is 0 Å². The van der Waals surface area contributed by atoms with Crippen LogP contribution in [0.5, 0.6) is 0 Å². The van der Waals surface area contributed by atoms with E-state index in [1.807, 2.05) is 0 Å². The molecule has 0 N–H and O–H groups in total. The van der Waals surface area contributed by atoms with E-state index in [0.29, 0.717) is 12.3 Å². The first kappa shape index (κ1) is 11.3. The van der Waals surface area contributed by atoms with Gasteiger partial charge in [-0.3, -0.25) is 0 Å². The van der Waals surface area contributed by atoms with Gasteiger partial charge in [-0.25, -0.2) is 0 Å². The molecular formula is C12H14BrN. The summed E-state index contributed by atoms with van der Waals surface area (Å²) in [5, 5.41) is 8.56. The molecule has 0 aliphatic rings. The second-order valence-electron chi connectivity index (χ2n) is 3.66. The molecule has 0 fully saturated rings. The first-order valence-corrected chi connectivity index (χ1v) is 5.59. The van der Waals surface area contributed by atoms with Crippen LogP contribution in [0.25, 0.3) is 0 Å². The molecular weight excluding hydrogens is 238 g/mol. The molecule has 0 aromatic heterocycles. The predicted octanol–water partition coefficient (Wildman–Crippen LogP) is 4.03. The lowest BCUT2D eigenvalue weighted by Crippen LogP contribution is -1.96. The Morgan fingerprint density at radius 1 is 1.43 bits per heavy atom. The fourth-order valence-electron chi connectivity index (χ4n) is 1.54. The molecule has 0 aliphatic heterocycles. The van der Waals surface area contributed by atoms with Crippen LogP contribution in [0.15, 0.2) is 22.7 Å². The van der Waals surface area contributed by atoms with Crippen LogP contribution in [0.2, 0.25) is 0 Å². The van der Waals surface area contributed by atoms with E-state index in [-0.39, 0.29) is 0 Å². The third-order valence-corrected chi connectivity index (χ3v) is 2.73. The lowest BCUT2D eigenvalue weighted by Gasteiger charge is -2.11. The third kappa shape index (κ3) is 2.85. The van der Waals surface area contributed by atoms with Crippen LogP contribution in [-0.2, 0) is 6.42 Å². The first-order valence-electron chi connectivity index (χ1n) is 4.80. The number of hydrogen-bond donors (Lipinski definition) is 0. The van der Waals surface area contributed by atoms with Gasteiger partial charge in [0.2, 0.25) is 0 Å². The summed E-state index contributed by atoms with van der Waals surface area (Å²) in [6.07, 6.45) is 1.44. The van der Waals surface area contributed by atoms with E-state index in [9.17, 15) is 0 Å². The molecule has 1 aromatic rings. The molecule has 1 aromatic carbocycles. The molecule has 0 amide bonds. The zero-order chi connectivity index (χ0) is 10.6. The summed E-state index contributed by atoms with van der Waals surface area (Å²) in [7, 11) is 0. The minimum absolute atomic E-state index is 0.525. The Kier molecular flexibility index (Phi) is 4.16. The second kappa shape index (κ2) is 5.17. The van der Waals surface area contributed by atoms with Gasteiger partial charge in [0.15, 0.2) is 0 Å². The van der Waals surface area contributed by atoms with Gasteiger partial charge in [0, 0.05) is 10.9 Å². The second-order valence-corrected chi connectivity index (χ2v) is 4.57. The highest BCUT2D eigenvalue weighted by Crippen LogP contribution is 2.24. The minimum Gasteiger partial charge on any atom is -0.198 e. The van der Waals surface area contributed by atoms with Crippen LogP contribution in [-0.4, -0.2) is 0 Å². The molecule has 0 saturated heterocycles. The van der Waals surface area contributed by atoms with E-state index in [1.165, 1.54) is 11.1 Å². The van der Waals surface area contributed by atoms with Crippen LogP contribution < -0.4 is 0 Å². The zero-order valence-electron chi connectivity index (χ0n) is 8.55. The van der Waals surface area contributed by atoms with Crippen molar-refractivity contribution < 1.29 is 0 Å². The van der Waals surface area contributed by atoms with Gasteiger partial charge in [-0.05, 0) is 35.6 Å². The van der Waals surface area contributed by atoms with Crippen molar-refractivity contribution in [1.29, 1.82) is 5.26 Å². The molecule has 0 aliphatic carbocycles. The average Bonchev–Trinajstić information content (AvgIpc) is 2.14. The van der Waals surface area contributed by atoms with E-state index in [2.05, 4.69) is 54.0 Å². The SMILES string of the molecule is CC(C)c1ccc(Br)cc1CCC#N. The van der Waals surface area contributed by atoms with Crippen LogP contribution in [0, 0.1) is 11.3 Å². The largest absolute Gasteiger partial charge is 0.198 e. The number of aryl methyl sites for hydroxylation is 1. The van der Waals surface area contributed by atoms with Gasteiger partial charge in [0.05, 0.1) is 6.07 Å². The normalized spacial score (nSPS) is 10.2. The summed E-state index contributed by atoms with van der Waals surface area (Å²) in [6, 6.07) is 8.51. The van der Waals surface area contributed by atoms with Gasteiger partial charge in [0.1, 0.15) is 0 Å². The molecule has 0 spiro atoms. The van der Waals surface area contributed by atoms with Crippen molar-refractivity contribution in [2.45, 2.75) is 32.6 Å². The summed E-state index contributed by atoms with van der Waals surface area (Å²) in [6.45, 7) is 4.36. The number of halogens is 1. The lowest BCUT2D eigenvalue weighted by atomic mass is 9.95. The van der Waals surface area contributed by atoms with Crippen LogP contribution in [0.4, 0.5) is 0 Å². The molecule has 1 rings (SSSR count). The van der Waals surface area contributed by atoms with Crippen molar-refractivity contribution in [3.63, 3.8) is 0 Å². The Morgan fingerprint density at radius 2 is 2.14 bits per heavy atom. The smallest absolute Gasteiger partial charge is 0.0625 e. The van der Waals surface area contributed by atoms with E-state index in [0.717, 1.165) is 10.9 Å². The number of rotatable bonds is 3. The van der Waals surface area contributed by atoms with Gasteiger partial charge in [-0.1, -0.05) is 35.8 Å². The molecule has 0 bridgehead atoms. The molecule has 0 atom stereocenters. The fourth-order valence-corrected chi connectivity index (χ4v) is 1.95. The van der Waals surface area contributed by atoms with Gasteiger partial charge in [-0.2, -0.15) is 5.26 Å². The number of hydrogen-bond acceptors (Lipinski definition) is 1. The predicted molar refractivity (Wildman–Crippen MR) is 62.2 cm³/mol. The maximum atomic E-state index is 8.56. The van der Waals surface area contributed by atoms with Gasteiger partial charge >= 0.3 is 0 Å². The monoisotopic (exact) mass is 251 g/mol. The van der Waals surface area contributed by atoms with Crippen molar-refractivity contribution in [3.05, 3.63) is 33.8 Å². The number of benzene rings is 1. The zero-order valence-corrected chi connectivity index (χ0v) is 10.1. The summed E-state index contributed by atoms with van der Waals surface area (Å²) in [4.78, 5) is 0. The molecule has 14 heavy (non-hydrogen) atoms. The molecule has 2 heteroatoms. The van der Waals surface area contributed by atoms with Crippen molar-refractivity contribution in [1.82, 2.24) is 0 Å². The van der Waals surface area contributed by atoms with Crippen molar-refractivity contribution in [2.24, 2.45) is 0 Å². The summed E-state index contributed by atoms with van der Waals surface area (Å²) >= 11 is 3.45. The maximum absolute atomic E-state index is 8.56. The summed E-state index contributed by atoms with van der Waals surface area (Å²) in [5.74, 6) is 0.525. The van der Waals surface area contributed by atoms with E-state index in [4.69, 9.17) is 5.26 Å². The summed E-state index contributed by atoms with van der Waals surface area (Å²) in [5.41, 5.74) is 2.64. The molecule has 74 valence electrons. The maximum Gasteiger partial charge on any atom is 0.0625 e. The molecule has 0 unspecified atom stereocenters. The lowest BCUT2D eigenvalue weighted by molar-refractivity contribution is 0.834. The minimum atomic E-state index is 0.525. The molecule has 0 saturated carbocycles. The highest BCUT2D eigenvalue weighted by molar-refractivity contribution is 9.10. The summed E-state index contributed by atoms with van der Waals surface area (Å²) < 4.78 is 1.09. The van der Waals surface area contributed by atoms with Crippen LogP contribution in [0.1, 0.15) is 37.3 Å².